The van der Waals surface area contributed by atoms with Gasteiger partial charge in [0.15, 0.2) is 0 Å². The molecule has 0 heterocycles. The van der Waals surface area contributed by atoms with Crippen molar-refractivity contribution in [2.75, 3.05) is 13.2 Å². The van der Waals surface area contributed by atoms with Gasteiger partial charge in [0, 0.05) is 12.6 Å². The second-order valence-electron chi connectivity index (χ2n) is 4.19. The minimum absolute atomic E-state index is 0.0191. The van der Waals surface area contributed by atoms with E-state index in [1.165, 1.54) is 12.8 Å². The molecule has 1 rings (SSSR count). The second-order valence-corrected chi connectivity index (χ2v) is 4.19. The fourth-order valence-corrected chi connectivity index (χ4v) is 0.908. The second kappa shape index (κ2) is 3.55. The van der Waals surface area contributed by atoms with Crippen LogP contribution in [0.5, 0.6) is 0 Å². The molecule has 0 radical (unpaired) electrons. The van der Waals surface area contributed by atoms with E-state index in [-0.39, 0.29) is 5.60 Å². The summed E-state index contributed by atoms with van der Waals surface area (Å²) in [4.78, 5) is 0. The number of hydrogen-bond donors (Lipinski definition) is 1. The van der Waals surface area contributed by atoms with E-state index in [1.807, 2.05) is 0 Å². The van der Waals surface area contributed by atoms with Crippen LogP contribution in [0, 0.1) is 0 Å². The highest BCUT2D eigenvalue weighted by atomic mass is 16.5. The highest BCUT2D eigenvalue weighted by Crippen LogP contribution is 2.18. The van der Waals surface area contributed by atoms with Crippen molar-refractivity contribution < 1.29 is 4.74 Å². The van der Waals surface area contributed by atoms with E-state index in [0.717, 1.165) is 19.2 Å². The molecule has 2 heteroatoms. The highest BCUT2D eigenvalue weighted by molar-refractivity contribution is 4.80. The van der Waals surface area contributed by atoms with Gasteiger partial charge in [0.05, 0.1) is 12.2 Å². The molecule has 0 unspecified atom stereocenters. The van der Waals surface area contributed by atoms with Gasteiger partial charge in [-0.15, -0.1) is 0 Å². The minimum atomic E-state index is 0.0191. The SMILES string of the molecule is CC(C)(C)OCCNC1CC1. The van der Waals surface area contributed by atoms with Crippen molar-refractivity contribution >= 4 is 0 Å². The first-order valence-electron chi connectivity index (χ1n) is 4.45. The fourth-order valence-electron chi connectivity index (χ4n) is 0.908. The molecule has 0 amide bonds. The van der Waals surface area contributed by atoms with E-state index in [4.69, 9.17) is 4.74 Å². The van der Waals surface area contributed by atoms with Gasteiger partial charge in [-0.25, -0.2) is 0 Å². The first-order chi connectivity index (χ1) is 5.08. The molecule has 1 aliphatic carbocycles. The summed E-state index contributed by atoms with van der Waals surface area (Å²) in [6, 6.07) is 0.804. The largest absolute Gasteiger partial charge is 0.375 e. The lowest BCUT2D eigenvalue weighted by molar-refractivity contribution is -0.000907. The summed E-state index contributed by atoms with van der Waals surface area (Å²) in [6.07, 6.45) is 2.71. The lowest BCUT2D eigenvalue weighted by atomic mass is 10.2. The Morgan fingerprint density at radius 3 is 2.45 bits per heavy atom. The highest BCUT2D eigenvalue weighted by Gasteiger charge is 2.20. The molecule has 2 nitrogen and oxygen atoms in total. The van der Waals surface area contributed by atoms with E-state index in [1.54, 1.807) is 0 Å². The molecule has 0 aromatic heterocycles. The van der Waals surface area contributed by atoms with E-state index in [0.29, 0.717) is 0 Å². The van der Waals surface area contributed by atoms with Crippen LogP contribution in [-0.2, 0) is 4.74 Å². The molecule has 0 aromatic rings. The third kappa shape index (κ3) is 5.22. The molecule has 0 saturated heterocycles. The quantitative estimate of drug-likeness (QED) is 0.625. The number of nitrogens with one attached hydrogen (secondary N) is 1. The Morgan fingerprint density at radius 1 is 1.36 bits per heavy atom. The molecule has 66 valence electrons. The lowest BCUT2D eigenvalue weighted by Gasteiger charge is -2.19. The summed E-state index contributed by atoms with van der Waals surface area (Å²) in [5.74, 6) is 0. The van der Waals surface area contributed by atoms with E-state index in [9.17, 15) is 0 Å². The maximum atomic E-state index is 5.54. The molecule has 1 N–H and O–H groups in total. The smallest absolute Gasteiger partial charge is 0.0599 e. The summed E-state index contributed by atoms with van der Waals surface area (Å²) in [5.41, 5.74) is 0.0191. The van der Waals surface area contributed by atoms with Crippen LogP contribution in [0.15, 0.2) is 0 Å². The number of ether oxygens (including phenoxy) is 1. The van der Waals surface area contributed by atoms with Crippen LogP contribution >= 0.6 is 0 Å². The van der Waals surface area contributed by atoms with E-state index >= 15 is 0 Å². The fraction of sp³-hybridized carbons (Fsp3) is 1.00. The minimum Gasteiger partial charge on any atom is -0.375 e. The van der Waals surface area contributed by atoms with Crippen LogP contribution in [0.25, 0.3) is 0 Å². The Labute approximate surface area is 69.3 Å². The Morgan fingerprint density at radius 2 is 2.00 bits per heavy atom. The van der Waals surface area contributed by atoms with Gasteiger partial charge >= 0.3 is 0 Å². The molecule has 11 heavy (non-hydrogen) atoms. The van der Waals surface area contributed by atoms with Crippen LogP contribution in [0.2, 0.25) is 0 Å². The molecule has 0 aromatic carbocycles. The van der Waals surface area contributed by atoms with Gasteiger partial charge < -0.3 is 10.1 Å². The van der Waals surface area contributed by atoms with Crippen molar-refractivity contribution in [3.63, 3.8) is 0 Å². The summed E-state index contributed by atoms with van der Waals surface area (Å²) < 4.78 is 5.54. The summed E-state index contributed by atoms with van der Waals surface area (Å²) in [6.45, 7) is 8.10. The van der Waals surface area contributed by atoms with Crippen molar-refractivity contribution in [2.24, 2.45) is 0 Å². The maximum Gasteiger partial charge on any atom is 0.0599 e. The zero-order chi connectivity index (χ0) is 8.32. The Bertz CT molecular complexity index is 113. The predicted molar refractivity (Wildman–Crippen MR) is 46.7 cm³/mol. The predicted octanol–water partition coefficient (Wildman–Crippen LogP) is 1.55. The van der Waals surface area contributed by atoms with Gasteiger partial charge in [0.25, 0.3) is 0 Å². The van der Waals surface area contributed by atoms with Crippen LogP contribution in [0.3, 0.4) is 0 Å². The van der Waals surface area contributed by atoms with Crippen molar-refractivity contribution in [3.05, 3.63) is 0 Å². The normalized spacial score (nSPS) is 18.8. The first kappa shape index (κ1) is 9.01. The van der Waals surface area contributed by atoms with Crippen LogP contribution in [0.4, 0.5) is 0 Å². The monoisotopic (exact) mass is 157 g/mol. The Kier molecular flexibility index (Phi) is 2.90. The standard InChI is InChI=1S/C9H19NO/c1-9(2,3)11-7-6-10-8-4-5-8/h8,10H,4-7H2,1-3H3. The van der Waals surface area contributed by atoms with Gasteiger partial charge in [-0.1, -0.05) is 0 Å². The summed E-state index contributed by atoms with van der Waals surface area (Å²) in [5, 5.41) is 3.40. The van der Waals surface area contributed by atoms with Crippen LogP contribution in [-0.4, -0.2) is 24.8 Å². The molecule has 1 fully saturated rings. The molecule has 0 aliphatic heterocycles. The molecule has 0 bridgehead atoms. The topological polar surface area (TPSA) is 21.3 Å². The van der Waals surface area contributed by atoms with Gasteiger partial charge in [0.2, 0.25) is 0 Å². The molecular formula is C9H19NO. The molecule has 1 saturated carbocycles. The number of hydrogen-bond acceptors (Lipinski definition) is 2. The average Bonchev–Trinajstić information content (AvgIpc) is 2.60. The van der Waals surface area contributed by atoms with E-state index in [2.05, 4.69) is 26.1 Å². The van der Waals surface area contributed by atoms with Gasteiger partial charge in [-0.05, 0) is 33.6 Å². The third-order valence-corrected chi connectivity index (χ3v) is 1.65. The molecule has 0 spiro atoms. The first-order valence-corrected chi connectivity index (χ1v) is 4.45. The maximum absolute atomic E-state index is 5.54. The van der Waals surface area contributed by atoms with Gasteiger partial charge in [-0.3, -0.25) is 0 Å². The third-order valence-electron chi connectivity index (χ3n) is 1.65. The zero-order valence-corrected chi connectivity index (χ0v) is 7.81. The van der Waals surface area contributed by atoms with Gasteiger partial charge in [-0.2, -0.15) is 0 Å². The van der Waals surface area contributed by atoms with Crippen molar-refractivity contribution in [3.8, 4) is 0 Å². The summed E-state index contributed by atoms with van der Waals surface area (Å²) >= 11 is 0. The van der Waals surface area contributed by atoms with Crippen molar-refractivity contribution in [1.29, 1.82) is 0 Å². The lowest BCUT2D eigenvalue weighted by Crippen LogP contribution is -2.27. The summed E-state index contributed by atoms with van der Waals surface area (Å²) in [7, 11) is 0. The van der Waals surface area contributed by atoms with Crippen molar-refractivity contribution in [1.82, 2.24) is 5.32 Å². The molecule has 1 aliphatic rings. The number of rotatable bonds is 4. The average molecular weight is 157 g/mol. The van der Waals surface area contributed by atoms with Crippen LogP contribution in [0.1, 0.15) is 33.6 Å². The van der Waals surface area contributed by atoms with E-state index < -0.39 is 0 Å². The molecular weight excluding hydrogens is 138 g/mol. The Hall–Kier alpha value is -0.0800. The van der Waals surface area contributed by atoms with Crippen molar-refractivity contribution in [2.45, 2.75) is 45.3 Å². The zero-order valence-electron chi connectivity index (χ0n) is 7.81. The van der Waals surface area contributed by atoms with Crippen LogP contribution < -0.4 is 5.32 Å². The Balaban J connectivity index is 1.87. The molecule has 0 atom stereocenters. The van der Waals surface area contributed by atoms with Gasteiger partial charge in [0.1, 0.15) is 0 Å².